The Morgan fingerprint density at radius 2 is 2.24 bits per heavy atom. The molecule has 2 atom stereocenters. The van der Waals surface area contributed by atoms with Crippen molar-refractivity contribution >= 4 is 23.6 Å². The van der Waals surface area contributed by atoms with Crippen molar-refractivity contribution in [2.75, 3.05) is 5.75 Å². The predicted octanol–water partition coefficient (Wildman–Crippen LogP) is 0.108. The van der Waals surface area contributed by atoms with Gasteiger partial charge < -0.3 is 10.4 Å². The van der Waals surface area contributed by atoms with Crippen LogP contribution in [0.15, 0.2) is 28.3 Å². The average Bonchev–Trinajstić information content (AvgIpc) is 3.07. The van der Waals surface area contributed by atoms with Gasteiger partial charge >= 0.3 is 5.97 Å². The van der Waals surface area contributed by atoms with E-state index in [9.17, 15) is 14.4 Å². The number of nitrogens with zero attached hydrogens (tertiary/aromatic N) is 2. The largest absolute Gasteiger partial charge is 0.481 e. The van der Waals surface area contributed by atoms with E-state index in [4.69, 9.17) is 5.11 Å². The topological polar surface area (TPSA) is 101 Å². The zero-order chi connectivity index (χ0) is 15.0. The van der Waals surface area contributed by atoms with Gasteiger partial charge in [0.25, 0.3) is 11.5 Å². The molecule has 0 radical (unpaired) electrons. The van der Waals surface area contributed by atoms with Crippen LogP contribution in [-0.4, -0.2) is 38.3 Å². The molecule has 3 rings (SSSR count). The van der Waals surface area contributed by atoms with Gasteiger partial charge in [0, 0.05) is 24.5 Å². The second-order valence-corrected chi connectivity index (χ2v) is 5.97. The van der Waals surface area contributed by atoms with Crippen LogP contribution in [0.5, 0.6) is 0 Å². The molecule has 110 valence electrons. The highest BCUT2D eigenvalue weighted by molar-refractivity contribution is 7.99. The SMILES string of the molecule is O=C(NC1C=CC(C(=O)O)C1)c1cnc2n(c1=O)CCS2. The number of carboxylic acids is 1. The number of thioether (sulfide) groups is 1. The van der Waals surface area contributed by atoms with Crippen molar-refractivity contribution in [1.82, 2.24) is 14.9 Å². The Morgan fingerprint density at radius 3 is 2.95 bits per heavy atom. The van der Waals surface area contributed by atoms with Gasteiger partial charge in [0.15, 0.2) is 5.16 Å². The van der Waals surface area contributed by atoms with Crippen molar-refractivity contribution in [3.8, 4) is 0 Å². The molecule has 0 saturated heterocycles. The van der Waals surface area contributed by atoms with Crippen molar-refractivity contribution in [2.45, 2.75) is 24.2 Å². The number of carbonyl (C=O) groups is 2. The number of hydrogen-bond donors (Lipinski definition) is 2. The Balaban J connectivity index is 1.74. The first kappa shape index (κ1) is 13.9. The van der Waals surface area contributed by atoms with Crippen molar-refractivity contribution < 1.29 is 14.7 Å². The predicted molar refractivity (Wildman–Crippen MR) is 75.4 cm³/mol. The first-order valence-corrected chi connectivity index (χ1v) is 7.49. The summed E-state index contributed by atoms with van der Waals surface area (Å²) in [6, 6.07) is -0.370. The van der Waals surface area contributed by atoms with Gasteiger partial charge in [-0.05, 0) is 6.42 Å². The molecule has 7 nitrogen and oxygen atoms in total. The van der Waals surface area contributed by atoms with Crippen molar-refractivity contribution in [3.05, 3.63) is 34.3 Å². The summed E-state index contributed by atoms with van der Waals surface area (Å²) in [4.78, 5) is 39.3. The van der Waals surface area contributed by atoms with Crippen LogP contribution in [0, 0.1) is 5.92 Å². The average molecular weight is 307 g/mol. The van der Waals surface area contributed by atoms with Gasteiger partial charge in [-0.3, -0.25) is 19.0 Å². The molecule has 1 amide bonds. The van der Waals surface area contributed by atoms with E-state index in [0.717, 1.165) is 5.75 Å². The fourth-order valence-corrected chi connectivity index (χ4v) is 3.32. The summed E-state index contributed by atoms with van der Waals surface area (Å²) in [5, 5.41) is 12.2. The normalized spacial score (nSPS) is 23.0. The summed E-state index contributed by atoms with van der Waals surface area (Å²) in [6.45, 7) is 0.553. The third kappa shape index (κ3) is 2.58. The lowest BCUT2D eigenvalue weighted by molar-refractivity contribution is -0.140. The fourth-order valence-electron chi connectivity index (χ4n) is 2.41. The van der Waals surface area contributed by atoms with E-state index >= 15 is 0 Å². The molecule has 0 aromatic carbocycles. The van der Waals surface area contributed by atoms with Crippen molar-refractivity contribution in [2.24, 2.45) is 5.92 Å². The number of hydrogen-bond acceptors (Lipinski definition) is 5. The van der Waals surface area contributed by atoms with Crippen LogP contribution in [0.1, 0.15) is 16.8 Å². The van der Waals surface area contributed by atoms with Gasteiger partial charge in [0.1, 0.15) is 5.56 Å². The van der Waals surface area contributed by atoms with Crippen LogP contribution in [0.25, 0.3) is 0 Å². The molecule has 1 aromatic heterocycles. The zero-order valence-electron chi connectivity index (χ0n) is 11.0. The van der Waals surface area contributed by atoms with Gasteiger partial charge in [-0.15, -0.1) is 0 Å². The maximum Gasteiger partial charge on any atom is 0.310 e. The summed E-state index contributed by atoms with van der Waals surface area (Å²) in [5.74, 6) is -1.25. The van der Waals surface area contributed by atoms with Crippen LogP contribution >= 0.6 is 11.8 Å². The summed E-state index contributed by atoms with van der Waals surface area (Å²) in [6.07, 6.45) is 4.79. The van der Waals surface area contributed by atoms with E-state index in [1.807, 2.05) is 0 Å². The lowest BCUT2D eigenvalue weighted by atomic mass is 10.1. The number of aliphatic carboxylic acids is 1. The first-order chi connectivity index (χ1) is 10.1. The molecule has 1 aliphatic carbocycles. The smallest absolute Gasteiger partial charge is 0.310 e. The molecular weight excluding hydrogens is 294 g/mol. The van der Waals surface area contributed by atoms with Gasteiger partial charge in [-0.2, -0.15) is 0 Å². The number of rotatable bonds is 3. The van der Waals surface area contributed by atoms with Gasteiger partial charge in [-0.1, -0.05) is 23.9 Å². The van der Waals surface area contributed by atoms with E-state index in [-0.39, 0.29) is 17.2 Å². The maximum absolute atomic E-state index is 12.2. The Morgan fingerprint density at radius 1 is 1.43 bits per heavy atom. The molecule has 8 heteroatoms. The molecule has 2 aliphatic rings. The van der Waals surface area contributed by atoms with Gasteiger partial charge in [-0.25, -0.2) is 4.98 Å². The molecule has 0 spiro atoms. The highest BCUT2D eigenvalue weighted by atomic mass is 32.2. The molecule has 0 fully saturated rings. The molecule has 21 heavy (non-hydrogen) atoms. The van der Waals surface area contributed by atoms with Gasteiger partial charge in [0.05, 0.1) is 5.92 Å². The monoisotopic (exact) mass is 307 g/mol. The molecule has 2 heterocycles. The number of amides is 1. The Labute approximate surface area is 124 Å². The molecule has 2 unspecified atom stereocenters. The van der Waals surface area contributed by atoms with Gasteiger partial charge in [0.2, 0.25) is 0 Å². The number of fused-ring (bicyclic) bond motifs is 1. The summed E-state index contributed by atoms with van der Waals surface area (Å²) in [7, 11) is 0. The molecule has 0 bridgehead atoms. The highest BCUT2D eigenvalue weighted by Gasteiger charge is 2.27. The van der Waals surface area contributed by atoms with E-state index < -0.39 is 17.8 Å². The molecule has 1 aromatic rings. The van der Waals surface area contributed by atoms with Crippen molar-refractivity contribution in [1.29, 1.82) is 0 Å². The Bertz CT molecular complexity index is 697. The third-order valence-electron chi connectivity index (χ3n) is 3.52. The summed E-state index contributed by atoms with van der Waals surface area (Å²) >= 11 is 1.48. The first-order valence-electron chi connectivity index (χ1n) is 6.51. The maximum atomic E-state index is 12.2. The second-order valence-electron chi connectivity index (χ2n) is 4.90. The minimum absolute atomic E-state index is 0.00609. The summed E-state index contributed by atoms with van der Waals surface area (Å²) in [5.41, 5.74) is -0.354. The van der Waals surface area contributed by atoms with E-state index in [2.05, 4.69) is 10.3 Å². The quantitative estimate of drug-likeness (QED) is 0.607. The van der Waals surface area contributed by atoms with Crippen LogP contribution in [0.2, 0.25) is 0 Å². The number of carboxylic acid groups (broad SMARTS) is 1. The second kappa shape index (κ2) is 5.36. The van der Waals surface area contributed by atoms with E-state index in [1.165, 1.54) is 22.5 Å². The molecule has 2 N–H and O–H groups in total. The lowest BCUT2D eigenvalue weighted by Gasteiger charge is -2.12. The highest BCUT2D eigenvalue weighted by Crippen LogP contribution is 2.21. The summed E-state index contributed by atoms with van der Waals surface area (Å²) < 4.78 is 1.49. The lowest BCUT2D eigenvalue weighted by Crippen LogP contribution is -2.38. The van der Waals surface area contributed by atoms with Crippen LogP contribution in [-0.2, 0) is 11.3 Å². The minimum Gasteiger partial charge on any atom is -0.481 e. The zero-order valence-corrected chi connectivity index (χ0v) is 11.8. The van der Waals surface area contributed by atoms with E-state index in [0.29, 0.717) is 18.1 Å². The number of carbonyl (C=O) groups excluding carboxylic acids is 1. The van der Waals surface area contributed by atoms with E-state index in [1.54, 1.807) is 12.2 Å². The standard InChI is InChI=1S/C13H13N3O4S/c17-10(15-8-2-1-7(5-8)12(19)20)9-6-14-13-16(11(9)18)3-4-21-13/h1-2,6-8H,3-5H2,(H,15,17)(H,19,20). The molecule has 1 aliphatic heterocycles. The Hall–Kier alpha value is -2.09. The third-order valence-corrected chi connectivity index (χ3v) is 4.49. The molecule has 0 saturated carbocycles. The Kier molecular flexibility index (Phi) is 3.54. The molecular formula is C13H13N3O4S. The number of nitrogens with one attached hydrogen (secondary N) is 1. The van der Waals surface area contributed by atoms with Crippen molar-refractivity contribution in [3.63, 3.8) is 0 Å². The van der Waals surface area contributed by atoms with Crippen LogP contribution < -0.4 is 10.9 Å². The van der Waals surface area contributed by atoms with Crippen LogP contribution in [0.4, 0.5) is 0 Å². The van der Waals surface area contributed by atoms with Crippen LogP contribution in [0.3, 0.4) is 0 Å². The number of aromatic nitrogens is 2. The fraction of sp³-hybridized carbons (Fsp3) is 0.385. The minimum atomic E-state index is -0.917.